The number of benzene rings is 1. The number of carbonyl (C=O) groups excluding carboxylic acids is 1. The summed E-state index contributed by atoms with van der Waals surface area (Å²) in [5.41, 5.74) is -0.212. The monoisotopic (exact) mass is 409 g/mol. The number of hydrogen-bond acceptors (Lipinski definition) is 5. The molecule has 152 valence electrons. The molecule has 7 nitrogen and oxygen atoms in total. The second kappa shape index (κ2) is 7.63. The minimum atomic E-state index is -3.69. The van der Waals surface area contributed by atoms with Crippen molar-refractivity contribution in [1.82, 2.24) is 9.46 Å². The Morgan fingerprint density at radius 1 is 1.21 bits per heavy atom. The van der Waals surface area contributed by atoms with Crippen molar-refractivity contribution < 1.29 is 22.1 Å². The maximum Gasteiger partial charge on any atom is 0.243 e. The number of carbonyl (C=O) groups is 1. The summed E-state index contributed by atoms with van der Waals surface area (Å²) in [5, 5.41) is 6.62. The lowest BCUT2D eigenvalue weighted by molar-refractivity contribution is -0.120. The molecule has 1 aliphatic heterocycles. The second-order valence-corrected chi connectivity index (χ2v) is 9.89. The van der Waals surface area contributed by atoms with Crippen molar-refractivity contribution in [2.45, 2.75) is 43.9 Å². The lowest BCUT2D eigenvalue weighted by atomic mass is 9.93. The maximum atomic E-state index is 13.0. The molecular formula is C19H24FN3O4S. The van der Waals surface area contributed by atoms with Crippen LogP contribution in [-0.2, 0) is 20.2 Å². The number of nitrogens with zero attached hydrogens (tertiary/aromatic N) is 2. The van der Waals surface area contributed by atoms with Crippen molar-refractivity contribution >= 4 is 21.7 Å². The van der Waals surface area contributed by atoms with Crippen LogP contribution in [0, 0.1) is 11.7 Å². The quantitative estimate of drug-likeness (QED) is 0.837. The van der Waals surface area contributed by atoms with Gasteiger partial charge >= 0.3 is 0 Å². The number of amides is 1. The van der Waals surface area contributed by atoms with E-state index in [1.165, 1.54) is 16.4 Å². The number of aromatic nitrogens is 1. The molecule has 1 aromatic carbocycles. The van der Waals surface area contributed by atoms with Crippen LogP contribution in [0.15, 0.2) is 39.8 Å². The number of halogens is 1. The molecule has 0 bridgehead atoms. The fourth-order valence-electron chi connectivity index (χ4n) is 3.03. The van der Waals surface area contributed by atoms with E-state index in [2.05, 4.69) is 10.5 Å². The van der Waals surface area contributed by atoms with Gasteiger partial charge in [-0.1, -0.05) is 25.9 Å². The van der Waals surface area contributed by atoms with Gasteiger partial charge in [0.1, 0.15) is 11.6 Å². The first-order valence-corrected chi connectivity index (χ1v) is 10.5. The van der Waals surface area contributed by atoms with Crippen LogP contribution >= 0.6 is 0 Å². The van der Waals surface area contributed by atoms with Crippen LogP contribution in [0.1, 0.15) is 39.4 Å². The standard InChI is InChI=1S/C19H24FN3O4S/c1-19(2,3)16-12-17(22-27-16)21-18(24)13-8-10-23(11-9-13)28(25,26)15-6-4-14(20)5-7-15/h4-7,12-13H,8-11H2,1-3H3,(H,21,22,24). The summed E-state index contributed by atoms with van der Waals surface area (Å²) in [4.78, 5) is 12.5. The zero-order valence-electron chi connectivity index (χ0n) is 16.1. The summed E-state index contributed by atoms with van der Waals surface area (Å²) in [6, 6.07) is 6.45. The second-order valence-electron chi connectivity index (χ2n) is 7.95. The average Bonchev–Trinajstić information content (AvgIpc) is 3.11. The van der Waals surface area contributed by atoms with Gasteiger partial charge in [0, 0.05) is 30.5 Å². The highest BCUT2D eigenvalue weighted by molar-refractivity contribution is 7.89. The highest BCUT2D eigenvalue weighted by Crippen LogP contribution is 2.27. The fraction of sp³-hybridized carbons (Fsp3) is 0.474. The lowest BCUT2D eigenvalue weighted by Crippen LogP contribution is -2.41. The van der Waals surface area contributed by atoms with Crippen LogP contribution in [0.4, 0.5) is 10.2 Å². The van der Waals surface area contributed by atoms with Gasteiger partial charge in [0.15, 0.2) is 5.82 Å². The SMILES string of the molecule is CC(C)(C)c1cc(NC(=O)C2CCN(S(=O)(=O)c3ccc(F)cc3)CC2)no1. The van der Waals surface area contributed by atoms with Crippen molar-refractivity contribution in [1.29, 1.82) is 0 Å². The van der Waals surface area contributed by atoms with E-state index in [0.29, 0.717) is 24.4 Å². The topological polar surface area (TPSA) is 92.5 Å². The Labute approximate surface area is 163 Å². The number of nitrogens with one attached hydrogen (secondary N) is 1. The summed E-state index contributed by atoms with van der Waals surface area (Å²) >= 11 is 0. The number of piperidine rings is 1. The van der Waals surface area contributed by atoms with Crippen molar-refractivity contribution in [2.75, 3.05) is 18.4 Å². The molecule has 0 atom stereocenters. The lowest BCUT2D eigenvalue weighted by Gasteiger charge is -2.30. The third kappa shape index (κ3) is 4.41. The zero-order valence-corrected chi connectivity index (χ0v) is 16.9. The van der Waals surface area contributed by atoms with Crippen molar-refractivity contribution in [3.8, 4) is 0 Å². The molecule has 1 amide bonds. The van der Waals surface area contributed by atoms with E-state index in [-0.39, 0.29) is 35.2 Å². The number of anilines is 1. The third-order valence-corrected chi connectivity index (χ3v) is 6.69. The molecule has 0 saturated carbocycles. The van der Waals surface area contributed by atoms with Gasteiger partial charge in [-0.3, -0.25) is 4.79 Å². The first kappa shape index (κ1) is 20.5. The average molecular weight is 409 g/mol. The Hall–Kier alpha value is -2.26. The largest absolute Gasteiger partial charge is 0.359 e. The van der Waals surface area contributed by atoms with E-state index in [4.69, 9.17) is 4.52 Å². The molecular weight excluding hydrogens is 385 g/mol. The Balaban J connectivity index is 1.59. The Kier molecular flexibility index (Phi) is 5.58. The smallest absolute Gasteiger partial charge is 0.243 e. The first-order valence-electron chi connectivity index (χ1n) is 9.11. The minimum Gasteiger partial charge on any atom is -0.359 e. The van der Waals surface area contributed by atoms with Gasteiger partial charge in [0.05, 0.1) is 4.90 Å². The van der Waals surface area contributed by atoms with Crippen LogP contribution in [0.2, 0.25) is 0 Å². The Morgan fingerprint density at radius 2 is 1.82 bits per heavy atom. The van der Waals surface area contributed by atoms with Crippen LogP contribution in [-0.4, -0.2) is 36.9 Å². The van der Waals surface area contributed by atoms with Crippen LogP contribution in [0.3, 0.4) is 0 Å². The normalized spacial score (nSPS) is 16.9. The van der Waals surface area contributed by atoms with Gasteiger partial charge in [0.25, 0.3) is 0 Å². The summed E-state index contributed by atoms with van der Waals surface area (Å²) in [5.74, 6) is 0.0261. The molecule has 3 rings (SSSR count). The molecule has 1 N–H and O–H groups in total. The summed E-state index contributed by atoms with van der Waals surface area (Å²) in [6.45, 7) is 6.40. The molecule has 28 heavy (non-hydrogen) atoms. The molecule has 0 unspecified atom stereocenters. The van der Waals surface area contributed by atoms with Crippen LogP contribution in [0.25, 0.3) is 0 Å². The molecule has 1 aromatic heterocycles. The van der Waals surface area contributed by atoms with Gasteiger partial charge in [-0.2, -0.15) is 4.31 Å². The molecule has 1 saturated heterocycles. The van der Waals surface area contributed by atoms with Gasteiger partial charge in [-0.05, 0) is 37.1 Å². The van der Waals surface area contributed by atoms with E-state index < -0.39 is 15.8 Å². The maximum absolute atomic E-state index is 13.0. The third-order valence-electron chi connectivity index (χ3n) is 4.78. The van der Waals surface area contributed by atoms with Crippen molar-refractivity contribution in [3.63, 3.8) is 0 Å². The number of hydrogen-bond donors (Lipinski definition) is 1. The summed E-state index contributed by atoms with van der Waals surface area (Å²) in [7, 11) is -3.69. The summed E-state index contributed by atoms with van der Waals surface area (Å²) < 4.78 is 44.9. The predicted octanol–water partition coefficient (Wildman–Crippen LogP) is 3.15. The molecule has 1 aliphatic rings. The molecule has 2 aromatic rings. The van der Waals surface area contributed by atoms with Crippen molar-refractivity contribution in [3.05, 3.63) is 41.9 Å². The van der Waals surface area contributed by atoms with E-state index in [1.807, 2.05) is 20.8 Å². The van der Waals surface area contributed by atoms with Gasteiger partial charge in [0.2, 0.25) is 15.9 Å². The first-order chi connectivity index (χ1) is 13.1. The minimum absolute atomic E-state index is 0.0501. The van der Waals surface area contributed by atoms with Crippen molar-refractivity contribution in [2.24, 2.45) is 5.92 Å². The fourth-order valence-corrected chi connectivity index (χ4v) is 4.50. The summed E-state index contributed by atoms with van der Waals surface area (Å²) in [6.07, 6.45) is 0.798. The highest BCUT2D eigenvalue weighted by Gasteiger charge is 2.32. The molecule has 2 heterocycles. The van der Waals surface area contributed by atoms with E-state index >= 15 is 0 Å². The van der Waals surface area contributed by atoms with Crippen LogP contribution in [0.5, 0.6) is 0 Å². The van der Waals surface area contributed by atoms with Gasteiger partial charge in [-0.25, -0.2) is 12.8 Å². The molecule has 0 spiro atoms. The molecule has 1 fully saturated rings. The van der Waals surface area contributed by atoms with Gasteiger partial charge < -0.3 is 9.84 Å². The Morgan fingerprint density at radius 3 is 2.36 bits per heavy atom. The molecule has 0 aliphatic carbocycles. The molecule has 0 radical (unpaired) electrons. The predicted molar refractivity (Wildman–Crippen MR) is 102 cm³/mol. The zero-order chi connectivity index (χ0) is 20.5. The van der Waals surface area contributed by atoms with Crippen LogP contribution < -0.4 is 5.32 Å². The van der Waals surface area contributed by atoms with E-state index in [1.54, 1.807) is 6.07 Å². The van der Waals surface area contributed by atoms with E-state index in [9.17, 15) is 17.6 Å². The van der Waals surface area contributed by atoms with E-state index in [0.717, 1.165) is 12.1 Å². The number of sulfonamides is 1. The molecule has 9 heteroatoms. The Bertz CT molecular complexity index is 940. The van der Waals surface area contributed by atoms with Gasteiger partial charge in [-0.15, -0.1) is 0 Å². The number of rotatable bonds is 4. The highest BCUT2D eigenvalue weighted by atomic mass is 32.2.